The second-order valence-electron chi connectivity index (χ2n) is 5.56. The first-order valence-electron chi connectivity index (χ1n) is 7.21. The van der Waals surface area contributed by atoms with Gasteiger partial charge in [-0.05, 0) is 51.5 Å². The molecule has 1 atom stereocenters. The third-order valence-electron chi connectivity index (χ3n) is 4.02. The van der Waals surface area contributed by atoms with E-state index in [2.05, 4.69) is 12.2 Å². The lowest BCUT2D eigenvalue weighted by molar-refractivity contribution is 0.0271. The van der Waals surface area contributed by atoms with Gasteiger partial charge in [0.2, 0.25) is 0 Å². The molecule has 16 heavy (non-hydrogen) atoms. The van der Waals surface area contributed by atoms with Crippen molar-refractivity contribution in [2.75, 3.05) is 13.2 Å². The highest BCUT2D eigenvalue weighted by Gasteiger charge is 2.27. The lowest BCUT2D eigenvalue weighted by Crippen LogP contribution is -2.29. The Hall–Kier alpha value is -0.0800. The van der Waals surface area contributed by atoms with Crippen LogP contribution in [0.3, 0.4) is 0 Å². The first kappa shape index (κ1) is 12.4. The van der Waals surface area contributed by atoms with E-state index in [9.17, 15) is 0 Å². The molecule has 2 fully saturated rings. The molecule has 94 valence electrons. The van der Waals surface area contributed by atoms with E-state index in [-0.39, 0.29) is 0 Å². The third kappa shape index (κ3) is 4.42. The summed E-state index contributed by atoms with van der Waals surface area (Å²) in [4.78, 5) is 0. The average Bonchev–Trinajstić information content (AvgIpc) is 3.13. The van der Waals surface area contributed by atoms with Gasteiger partial charge in [-0.15, -0.1) is 0 Å². The number of nitrogens with one attached hydrogen (secondary N) is 1. The van der Waals surface area contributed by atoms with Gasteiger partial charge in [0.1, 0.15) is 0 Å². The maximum absolute atomic E-state index is 5.90. The van der Waals surface area contributed by atoms with E-state index in [0.29, 0.717) is 6.10 Å². The minimum atomic E-state index is 0.578. The Balaban J connectivity index is 1.42. The van der Waals surface area contributed by atoms with Gasteiger partial charge in [-0.1, -0.05) is 19.3 Å². The lowest BCUT2D eigenvalue weighted by Gasteiger charge is -2.22. The average molecular weight is 225 g/mol. The van der Waals surface area contributed by atoms with E-state index in [1.165, 1.54) is 51.4 Å². The molecular formula is C14H27NO. The normalized spacial score (nSPS) is 24.6. The minimum Gasteiger partial charge on any atom is -0.378 e. The van der Waals surface area contributed by atoms with E-state index in [0.717, 1.165) is 25.1 Å². The van der Waals surface area contributed by atoms with Gasteiger partial charge in [0.05, 0.1) is 6.10 Å². The first-order chi connectivity index (χ1) is 7.86. The first-order valence-corrected chi connectivity index (χ1v) is 7.21. The Bertz CT molecular complexity index is 185. The summed E-state index contributed by atoms with van der Waals surface area (Å²) in [5.74, 6) is 0.972. The summed E-state index contributed by atoms with van der Waals surface area (Å²) in [6, 6.07) is 0.731. The van der Waals surface area contributed by atoms with Crippen molar-refractivity contribution < 1.29 is 4.74 Å². The van der Waals surface area contributed by atoms with Crippen LogP contribution in [0.5, 0.6) is 0 Å². The molecule has 0 saturated heterocycles. The summed E-state index contributed by atoms with van der Waals surface area (Å²) in [5, 5.41) is 3.60. The van der Waals surface area contributed by atoms with Crippen LogP contribution >= 0.6 is 0 Å². The zero-order valence-corrected chi connectivity index (χ0v) is 10.7. The maximum atomic E-state index is 5.90. The fourth-order valence-electron chi connectivity index (χ4n) is 2.65. The maximum Gasteiger partial charge on any atom is 0.0575 e. The Labute approximate surface area is 100 Å². The molecule has 1 N–H and O–H groups in total. The van der Waals surface area contributed by atoms with Crippen LogP contribution in [0.1, 0.15) is 58.3 Å². The monoisotopic (exact) mass is 225 g/mol. The largest absolute Gasteiger partial charge is 0.378 e. The van der Waals surface area contributed by atoms with Gasteiger partial charge in [-0.3, -0.25) is 0 Å². The summed E-state index contributed by atoms with van der Waals surface area (Å²) in [6.07, 6.45) is 11.4. The van der Waals surface area contributed by atoms with Gasteiger partial charge < -0.3 is 10.1 Å². The van der Waals surface area contributed by atoms with Gasteiger partial charge in [0.25, 0.3) is 0 Å². The van der Waals surface area contributed by atoms with Crippen molar-refractivity contribution in [3.8, 4) is 0 Å². The molecule has 0 spiro atoms. The van der Waals surface area contributed by atoms with Crippen LogP contribution < -0.4 is 5.32 Å². The molecule has 0 bridgehead atoms. The Morgan fingerprint density at radius 1 is 1.12 bits per heavy atom. The summed E-state index contributed by atoms with van der Waals surface area (Å²) in [7, 11) is 0. The Kier molecular flexibility index (Phi) is 5.11. The van der Waals surface area contributed by atoms with Crippen molar-refractivity contribution in [1.29, 1.82) is 0 Å². The SMILES string of the molecule is CC(NCCCOC1CCCCC1)C1CC1. The topological polar surface area (TPSA) is 21.3 Å². The van der Waals surface area contributed by atoms with Crippen LogP contribution in [0.4, 0.5) is 0 Å². The molecule has 0 amide bonds. The van der Waals surface area contributed by atoms with Crippen LogP contribution in [0.15, 0.2) is 0 Å². The highest BCUT2D eigenvalue weighted by Crippen LogP contribution is 2.32. The van der Waals surface area contributed by atoms with Crippen molar-refractivity contribution >= 4 is 0 Å². The molecule has 1 unspecified atom stereocenters. The van der Waals surface area contributed by atoms with Crippen molar-refractivity contribution in [2.45, 2.75) is 70.4 Å². The number of rotatable bonds is 7. The Morgan fingerprint density at radius 3 is 2.56 bits per heavy atom. The molecule has 2 rings (SSSR count). The van der Waals surface area contributed by atoms with E-state index in [1.54, 1.807) is 0 Å². The van der Waals surface area contributed by atoms with Crippen LogP contribution in [-0.2, 0) is 4.74 Å². The highest BCUT2D eigenvalue weighted by molar-refractivity contribution is 4.82. The quantitative estimate of drug-likeness (QED) is 0.672. The summed E-state index contributed by atoms with van der Waals surface area (Å²) < 4.78 is 5.90. The lowest BCUT2D eigenvalue weighted by atomic mass is 9.98. The van der Waals surface area contributed by atoms with Crippen LogP contribution in [0.2, 0.25) is 0 Å². The molecule has 2 aliphatic rings. The molecule has 2 heteroatoms. The summed E-state index contributed by atoms with van der Waals surface area (Å²) in [5.41, 5.74) is 0. The minimum absolute atomic E-state index is 0.578. The van der Waals surface area contributed by atoms with Crippen molar-refractivity contribution in [3.63, 3.8) is 0 Å². The predicted molar refractivity (Wildman–Crippen MR) is 67.6 cm³/mol. The fraction of sp³-hybridized carbons (Fsp3) is 1.00. The van der Waals surface area contributed by atoms with Gasteiger partial charge in [0, 0.05) is 12.6 Å². The summed E-state index contributed by atoms with van der Waals surface area (Å²) >= 11 is 0. The van der Waals surface area contributed by atoms with Gasteiger partial charge >= 0.3 is 0 Å². The number of ether oxygens (including phenoxy) is 1. The molecule has 0 aromatic heterocycles. The molecule has 0 heterocycles. The molecule has 0 radical (unpaired) electrons. The van der Waals surface area contributed by atoms with Crippen molar-refractivity contribution in [3.05, 3.63) is 0 Å². The number of hydrogen-bond donors (Lipinski definition) is 1. The predicted octanol–water partition coefficient (Wildman–Crippen LogP) is 3.11. The molecule has 0 aromatic rings. The van der Waals surface area contributed by atoms with Crippen LogP contribution in [-0.4, -0.2) is 25.3 Å². The van der Waals surface area contributed by atoms with Crippen molar-refractivity contribution in [1.82, 2.24) is 5.32 Å². The molecule has 2 saturated carbocycles. The molecule has 2 aliphatic carbocycles. The second kappa shape index (κ2) is 6.61. The van der Waals surface area contributed by atoms with Crippen LogP contribution in [0, 0.1) is 5.92 Å². The van der Waals surface area contributed by atoms with Gasteiger partial charge in [-0.25, -0.2) is 0 Å². The standard InChI is InChI=1S/C14H27NO/c1-12(13-8-9-13)15-10-5-11-16-14-6-3-2-4-7-14/h12-15H,2-11H2,1H3. The molecule has 2 nitrogen and oxygen atoms in total. The second-order valence-corrected chi connectivity index (χ2v) is 5.56. The molecule has 0 aromatic carbocycles. The third-order valence-corrected chi connectivity index (χ3v) is 4.02. The van der Waals surface area contributed by atoms with Crippen LogP contribution in [0.25, 0.3) is 0 Å². The fourth-order valence-corrected chi connectivity index (χ4v) is 2.65. The van der Waals surface area contributed by atoms with E-state index >= 15 is 0 Å². The van der Waals surface area contributed by atoms with E-state index < -0.39 is 0 Å². The zero-order chi connectivity index (χ0) is 11.2. The highest BCUT2D eigenvalue weighted by atomic mass is 16.5. The van der Waals surface area contributed by atoms with Gasteiger partial charge in [-0.2, -0.15) is 0 Å². The van der Waals surface area contributed by atoms with Crippen molar-refractivity contribution in [2.24, 2.45) is 5.92 Å². The smallest absolute Gasteiger partial charge is 0.0575 e. The van der Waals surface area contributed by atoms with E-state index in [4.69, 9.17) is 4.74 Å². The molecule has 0 aliphatic heterocycles. The van der Waals surface area contributed by atoms with Gasteiger partial charge in [0.15, 0.2) is 0 Å². The molecular weight excluding hydrogens is 198 g/mol. The van der Waals surface area contributed by atoms with E-state index in [1.807, 2.05) is 0 Å². The Morgan fingerprint density at radius 2 is 1.88 bits per heavy atom. The number of hydrogen-bond acceptors (Lipinski definition) is 2. The zero-order valence-electron chi connectivity index (χ0n) is 10.7. The summed E-state index contributed by atoms with van der Waals surface area (Å²) in [6.45, 7) is 4.40.